The summed E-state index contributed by atoms with van der Waals surface area (Å²) in [5.74, 6) is -1.91. The lowest BCUT2D eigenvalue weighted by molar-refractivity contribution is -0.0382. The van der Waals surface area contributed by atoms with Crippen molar-refractivity contribution in [1.82, 2.24) is 4.90 Å². The maximum absolute atomic E-state index is 13.4. The second-order valence-electron chi connectivity index (χ2n) is 6.52. The number of nitrogens with two attached hydrogens (primary N) is 1. The van der Waals surface area contributed by atoms with Crippen molar-refractivity contribution in [3.63, 3.8) is 0 Å². The summed E-state index contributed by atoms with van der Waals surface area (Å²) in [5, 5.41) is 0. The highest BCUT2D eigenvalue weighted by Crippen LogP contribution is 2.24. The lowest BCUT2D eigenvalue weighted by Crippen LogP contribution is -2.54. The van der Waals surface area contributed by atoms with Crippen molar-refractivity contribution < 1.29 is 23.0 Å². The fraction of sp³-hybridized carbons (Fsp3) is 0.562. The van der Waals surface area contributed by atoms with Gasteiger partial charge in [0, 0.05) is 6.54 Å². The molecule has 0 radical (unpaired) electrons. The van der Waals surface area contributed by atoms with Crippen LogP contribution in [0.3, 0.4) is 0 Å². The normalized spacial score (nSPS) is 20.3. The smallest absolute Gasteiger partial charge is 0.410 e. The molecule has 1 aliphatic heterocycles. The molecule has 7 heteroatoms. The molecule has 0 spiro atoms. The van der Waals surface area contributed by atoms with Gasteiger partial charge in [-0.2, -0.15) is 0 Å². The summed E-state index contributed by atoms with van der Waals surface area (Å²) in [6, 6.07) is 2.25. The van der Waals surface area contributed by atoms with Crippen molar-refractivity contribution in [2.45, 2.75) is 38.5 Å². The van der Waals surface area contributed by atoms with Crippen LogP contribution in [0.5, 0.6) is 0 Å². The minimum absolute atomic E-state index is 0.208. The average molecular weight is 328 g/mol. The maximum Gasteiger partial charge on any atom is 0.410 e. The van der Waals surface area contributed by atoms with Gasteiger partial charge in [0.1, 0.15) is 5.60 Å². The number of ether oxygens (including phenoxy) is 2. The largest absolute Gasteiger partial charge is 0.444 e. The van der Waals surface area contributed by atoms with Gasteiger partial charge in [0.05, 0.1) is 25.3 Å². The number of carbonyl (C=O) groups is 1. The van der Waals surface area contributed by atoms with E-state index >= 15 is 0 Å². The molecule has 1 saturated heterocycles. The summed E-state index contributed by atoms with van der Waals surface area (Å²) < 4.78 is 37.3. The Balaban J connectivity index is 2.19. The third-order valence-corrected chi connectivity index (χ3v) is 3.54. The molecule has 0 bridgehead atoms. The molecule has 0 aromatic heterocycles. The minimum Gasteiger partial charge on any atom is -0.444 e. The first-order chi connectivity index (χ1) is 10.7. The van der Waals surface area contributed by atoms with Gasteiger partial charge in [0.25, 0.3) is 0 Å². The molecule has 1 fully saturated rings. The van der Waals surface area contributed by atoms with Gasteiger partial charge < -0.3 is 15.2 Å². The van der Waals surface area contributed by atoms with Crippen LogP contribution in [-0.4, -0.2) is 42.4 Å². The highest BCUT2D eigenvalue weighted by molar-refractivity contribution is 5.69. The molecule has 5 nitrogen and oxygen atoms in total. The number of morpholine rings is 1. The summed E-state index contributed by atoms with van der Waals surface area (Å²) >= 11 is 0. The van der Waals surface area contributed by atoms with Gasteiger partial charge in [-0.1, -0.05) is 6.07 Å². The average Bonchev–Trinajstić information content (AvgIpc) is 2.47. The summed E-state index contributed by atoms with van der Waals surface area (Å²) in [7, 11) is 0. The standard InChI is InChI=1S/C16H22F2N2O3/c1-16(2,3)23-15(21)20-6-7-22-9-13(20)14(19)10-4-5-11(17)12(18)8-10/h4-5,8,13-14H,6-7,9,19H2,1-3H3. The summed E-state index contributed by atoms with van der Waals surface area (Å²) in [5.41, 5.74) is 5.93. The lowest BCUT2D eigenvalue weighted by atomic mass is 9.98. The predicted molar refractivity (Wildman–Crippen MR) is 80.8 cm³/mol. The molecule has 1 heterocycles. The fourth-order valence-electron chi connectivity index (χ4n) is 2.41. The molecular weight excluding hydrogens is 306 g/mol. The highest BCUT2D eigenvalue weighted by atomic mass is 19.2. The quantitative estimate of drug-likeness (QED) is 0.906. The first-order valence-corrected chi connectivity index (χ1v) is 7.47. The summed E-state index contributed by atoms with van der Waals surface area (Å²) in [4.78, 5) is 13.8. The monoisotopic (exact) mass is 328 g/mol. The zero-order valence-corrected chi connectivity index (χ0v) is 13.5. The van der Waals surface area contributed by atoms with Crippen LogP contribution < -0.4 is 5.73 Å². The number of amides is 1. The number of hydrogen-bond donors (Lipinski definition) is 1. The Hall–Kier alpha value is -1.73. The van der Waals surface area contributed by atoms with Gasteiger partial charge in [-0.15, -0.1) is 0 Å². The van der Waals surface area contributed by atoms with Gasteiger partial charge in [-0.25, -0.2) is 13.6 Å². The maximum atomic E-state index is 13.4. The molecule has 128 valence electrons. The van der Waals surface area contributed by atoms with Crippen molar-refractivity contribution in [2.75, 3.05) is 19.8 Å². The van der Waals surface area contributed by atoms with E-state index < -0.39 is 35.4 Å². The van der Waals surface area contributed by atoms with Crippen molar-refractivity contribution in [3.8, 4) is 0 Å². The predicted octanol–water partition coefficient (Wildman–Crippen LogP) is 2.60. The van der Waals surface area contributed by atoms with E-state index in [0.29, 0.717) is 18.7 Å². The topological polar surface area (TPSA) is 64.8 Å². The molecular formula is C16H22F2N2O3. The van der Waals surface area contributed by atoms with E-state index in [-0.39, 0.29) is 6.61 Å². The number of carbonyl (C=O) groups excluding carboxylic acids is 1. The van der Waals surface area contributed by atoms with E-state index in [4.69, 9.17) is 15.2 Å². The Kier molecular flexibility index (Phi) is 5.21. The second-order valence-corrected chi connectivity index (χ2v) is 6.52. The van der Waals surface area contributed by atoms with E-state index in [2.05, 4.69) is 0 Å². The van der Waals surface area contributed by atoms with Crippen LogP contribution in [0, 0.1) is 11.6 Å². The van der Waals surface area contributed by atoms with E-state index in [0.717, 1.165) is 12.1 Å². The Morgan fingerprint density at radius 2 is 2.09 bits per heavy atom. The molecule has 2 atom stereocenters. The molecule has 2 N–H and O–H groups in total. The molecule has 23 heavy (non-hydrogen) atoms. The van der Waals surface area contributed by atoms with Crippen molar-refractivity contribution in [2.24, 2.45) is 5.73 Å². The summed E-state index contributed by atoms with van der Waals surface area (Å²) in [6.07, 6.45) is -0.496. The van der Waals surface area contributed by atoms with Crippen LogP contribution in [-0.2, 0) is 9.47 Å². The third kappa shape index (κ3) is 4.39. The van der Waals surface area contributed by atoms with E-state index in [1.165, 1.54) is 11.0 Å². The van der Waals surface area contributed by atoms with Crippen LogP contribution in [0.4, 0.5) is 13.6 Å². The zero-order valence-electron chi connectivity index (χ0n) is 13.5. The van der Waals surface area contributed by atoms with Crippen LogP contribution in [0.25, 0.3) is 0 Å². The van der Waals surface area contributed by atoms with Gasteiger partial charge in [0.2, 0.25) is 0 Å². The molecule has 2 unspecified atom stereocenters. The number of nitrogens with zero attached hydrogens (tertiary/aromatic N) is 1. The number of hydrogen-bond acceptors (Lipinski definition) is 4. The van der Waals surface area contributed by atoms with Crippen LogP contribution >= 0.6 is 0 Å². The Labute approximate surface area is 134 Å². The van der Waals surface area contributed by atoms with Crippen LogP contribution in [0.1, 0.15) is 32.4 Å². The number of halogens is 2. The van der Waals surface area contributed by atoms with Gasteiger partial charge in [0.15, 0.2) is 11.6 Å². The van der Waals surface area contributed by atoms with Crippen molar-refractivity contribution in [3.05, 3.63) is 35.4 Å². The summed E-state index contributed by atoms with van der Waals surface area (Å²) in [6.45, 7) is 6.23. The first-order valence-electron chi connectivity index (χ1n) is 7.47. The molecule has 1 aromatic rings. The van der Waals surface area contributed by atoms with E-state index in [1.54, 1.807) is 20.8 Å². The highest BCUT2D eigenvalue weighted by Gasteiger charge is 2.35. The molecule has 2 rings (SSSR count). The van der Waals surface area contributed by atoms with Gasteiger partial charge in [-0.05, 0) is 38.5 Å². The Bertz CT molecular complexity index is 575. The Morgan fingerprint density at radius 1 is 1.39 bits per heavy atom. The SMILES string of the molecule is CC(C)(C)OC(=O)N1CCOCC1C(N)c1ccc(F)c(F)c1. The second kappa shape index (κ2) is 6.80. The van der Waals surface area contributed by atoms with Crippen LogP contribution in [0.15, 0.2) is 18.2 Å². The number of rotatable bonds is 2. The molecule has 1 aliphatic rings. The zero-order chi connectivity index (χ0) is 17.2. The molecule has 0 aliphatic carbocycles. The minimum atomic E-state index is -0.974. The first kappa shape index (κ1) is 17.6. The molecule has 0 saturated carbocycles. The van der Waals surface area contributed by atoms with E-state index in [1.807, 2.05) is 0 Å². The van der Waals surface area contributed by atoms with Crippen molar-refractivity contribution >= 4 is 6.09 Å². The van der Waals surface area contributed by atoms with Crippen LogP contribution in [0.2, 0.25) is 0 Å². The Morgan fingerprint density at radius 3 is 2.70 bits per heavy atom. The number of benzene rings is 1. The lowest BCUT2D eigenvalue weighted by Gasteiger charge is -2.39. The third-order valence-electron chi connectivity index (χ3n) is 3.54. The van der Waals surface area contributed by atoms with Crippen molar-refractivity contribution in [1.29, 1.82) is 0 Å². The molecule has 1 amide bonds. The van der Waals surface area contributed by atoms with Gasteiger partial charge >= 0.3 is 6.09 Å². The van der Waals surface area contributed by atoms with Gasteiger partial charge in [-0.3, -0.25) is 4.90 Å². The van der Waals surface area contributed by atoms with E-state index in [9.17, 15) is 13.6 Å². The fourth-order valence-corrected chi connectivity index (χ4v) is 2.41. The molecule has 1 aromatic carbocycles.